The van der Waals surface area contributed by atoms with Gasteiger partial charge in [0.15, 0.2) is 0 Å². The van der Waals surface area contributed by atoms with E-state index in [9.17, 15) is 4.79 Å². The molecule has 0 unspecified atom stereocenters. The van der Waals surface area contributed by atoms with Crippen molar-refractivity contribution in [2.24, 2.45) is 5.11 Å². The van der Waals surface area contributed by atoms with Crippen LogP contribution in [0.3, 0.4) is 0 Å². The van der Waals surface area contributed by atoms with Gasteiger partial charge in [-0.2, -0.15) is 0 Å². The lowest BCUT2D eigenvalue weighted by molar-refractivity contribution is -0.137. The predicted octanol–water partition coefficient (Wildman–Crippen LogP) is 3.92. The maximum Gasteiger partial charge on any atom is 0.330 e. The van der Waals surface area contributed by atoms with Gasteiger partial charge < -0.3 is 4.74 Å². The molecule has 84 valence electrons. The number of esters is 1. The van der Waals surface area contributed by atoms with Gasteiger partial charge in [0.2, 0.25) is 0 Å². The maximum absolute atomic E-state index is 11.1. The Morgan fingerprint density at radius 2 is 2.56 bits per heavy atom. The topological polar surface area (TPSA) is 75.1 Å². The van der Waals surface area contributed by atoms with Crippen molar-refractivity contribution in [1.29, 1.82) is 0 Å². The maximum atomic E-state index is 11.1. The highest BCUT2D eigenvalue weighted by Gasteiger charge is 2.04. The molecule has 0 aliphatic heterocycles. The summed E-state index contributed by atoms with van der Waals surface area (Å²) < 4.78 is 5.20. The highest BCUT2D eigenvalue weighted by Crippen LogP contribution is 2.35. The Bertz CT molecular complexity index is 463. The average molecular weight is 258 g/mol. The van der Waals surface area contributed by atoms with Gasteiger partial charge in [0.1, 0.15) is 0 Å². The van der Waals surface area contributed by atoms with E-state index in [0.29, 0.717) is 21.5 Å². The summed E-state index contributed by atoms with van der Waals surface area (Å²) in [6.07, 6.45) is 2.77. The van der Waals surface area contributed by atoms with Gasteiger partial charge in [0.05, 0.1) is 15.9 Å². The van der Waals surface area contributed by atoms with E-state index in [4.69, 9.17) is 21.9 Å². The van der Waals surface area contributed by atoms with Gasteiger partial charge in [0, 0.05) is 11.0 Å². The Labute approximate surface area is 101 Å². The summed E-state index contributed by atoms with van der Waals surface area (Å²) in [5.41, 5.74) is 8.92. The van der Waals surface area contributed by atoms with Crippen LogP contribution in [0.2, 0.25) is 4.34 Å². The molecule has 5 nitrogen and oxygen atoms in total. The highest BCUT2D eigenvalue weighted by atomic mass is 35.5. The van der Waals surface area contributed by atoms with Crippen LogP contribution >= 0.6 is 22.9 Å². The number of nitrogens with zero attached hydrogens (tertiary/aromatic N) is 3. The third-order valence-corrected chi connectivity index (χ3v) is 2.70. The number of carbonyl (C=O) groups is 1. The smallest absolute Gasteiger partial charge is 0.330 e. The molecule has 0 spiro atoms. The summed E-state index contributed by atoms with van der Waals surface area (Å²) in [5.74, 6) is -0.447. The first-order valence-electron chi connectivity index (χ1n) is 4.36. The van der Waals surface area contributed by atoms with E-state index >= 15 is 0 Å². The fourth-order valence-corrected chi connectivity index (χ4v) is 1.98. The lowest BCUT2D eigenvalue weighted by Gasteiger charge is -1.94. The van der Waals surface area contributed by atoms with Crippen molar-refractivity contribution in [2.75, 3.05) is 6.61 Å². The van der Waals surface area contributed by atoms with Crippen molar-refractivity contribution >= 4 is 40.0 Å². The summed E-state index contributed by atoms with van der Waals surface area (Å²) in [5, 5.41) is 3.89. The molecule has 0 saturated heterocycles. The summed E-state index contributed by atoms with van der Waals surface area (Å²) >= 11 is 6.91. The van der Waals surface area contributed by atoms with E-state index in [-0.39, 0.29) is 0 Å². The highest BCUT2D eigenvalue weighted by molar-refractivity contribution is 7.19. The van der Waals surface area contributed by atoms with E-state index in [1.165, 1.54) is 12.2 Å². The van der Waals surface area contributed by atoms with Gasteiger partial charge in [0.25, 0.3) is 0 Å². The van der Waals surface area contributed by atoms with Crippen LogP contribution in [0.5, 0.6) is 0 Å². The zero-order valence-corrected chi connectivity index (χ0v) is 9.96. The number of azide groups is 1. The van der Waals surface area contributed by atoms with Crippen LogP contribution in [-0.2, 0) is 9.53 Å². The van der Waals surface area contributed by atoms with Gasteiger partial charge in [-0.15, -0.1) is 11.3 Å². The summed E-state index contributed by atoms with van der Waals surface area (Å²) in [7, 11) is 0. The molecule has 0 aliphatic carbocycles. The van der Waals surface area contributed by atoms with Crippen molar-refractivity contribution in [1.82, 2.24) is 0 Å². The Kier molecular flexibility index (Phi) is 4.85. The molecule has 0 atom stereocenters. The minimum Gasteiger partial charge on any atom is -0.463 e. The van der Waals surface area contributed by atoms with Crippen molar-refractivity contribution in [3.05, 3.63) is 32.5 Å². The van der Waals surface area contributed by atoms with Crippen LogP contribution in [0.25, 0.3) is 16.5 Å². The number of ether oxygens (including phenoxy) is 1. The number of halogens is 1. The van der Waals surface area contributed by atoms with E-state index < -0.39 is 5.97 Å². The van der Waals surface area contributed by atoms with Gasteiger partial charge in [-0.05, 0) is 35.3 Å². The Hall–Kier alpha value is -1.49. The van der Waals surface area contributed by atoms with Crippen LogP contribution in [0.15, 0.2) is 17.3 Å². The normalized spacial score (nSPS) is 10.1. The lowest BCUT2D eigenvalue weighted by Crippen LogP contribution is -1.98. The number of rotatable bonds is 4. The summed E-state index contributed by atoms with van der Waals surface area (Å²) in [6, 6.07) is 1.62. The molecule has 1 aromatic heterocycles. The third kappa shape index (κ3) is 3.58. The van der Waals surface area contributed by atoms with E-state index in [2.05, 4.69) is 10.0 Å². The zero-order valence-electron chi connectivity index (χ0n) is 8.38. The average Bonchev–Trinajstić information content (AvgIpc) is 2.57. The zero-order chi connectivity index (χ0) is 12.0. The second kappa shape index (κ2) is 6.17. The summed E-state index contributed by atoms with van der Waals surface area (Å²) in [4.78, 5) is 13.7. The predicted molar refractivity (Wildman–Crippen MR) is 63.8 cm³/mol. The van der Waals surface area contributed by atoms with E-state index in [1.54, 1.807) is 13.0 Å². The van der Waals surface area contributed by atoms with Gasteiger partial charge in [-0.1, -0.05) is 11.6 Å². The number of hydrogen-bond acceptors (Lipinski definition) is 4. The molecular formula is C9H8ClN3O2S. The number of thiophene rings is 1. The van der Waals surface area contributed by atoms with Gasteiger partial charge in [-0.3, -0.25) is 0 Å². The summed E-state index contributed by atoms with van der Waals surface area (Å²) in [6.45, 7) is 2.04. The molecule has 1 heterocycles. The Morgan fingerprint density at radius 3 is 3.19 bits per heavy atom. The van der Waals surface area contributed by atoms with Crippen molar-refractivity contribution in [3.63, 3.8) is 0 Å². The fraction of sp³-hybridized carbons (Fsp3) is 0.222. The van der Waals surface area contributed by atoms with Crippen molar-refractivity contribution < 1.29 is 9.53 Å². The molecule has 7 heteroatoms. The van der Waals surface area contributed by atoms with Crippen LogP contribution in [0, 0.1) is 0 Å². The van der Waals surface area contributed by atoms with Crippen LogP contribution in [0.1, 0.15) is 12.5 Å². The molecule has 0 aromatic carbocycles. The van der Waals surface area contributed by atoms with E-state index in [1.807, 2.05) is 0 Å². The second-order valence-electron chi connectivity index (χ2n) is 2.59. The van der Waals surface area contributed by atoms with Gasteiger partial charge in [-0.25, -0.2) is 4.79 Å². The first-order valence-corrected chi connectivity index (χ1v) is 5.56. The number of hydrogen-bond donors (Lipinski definition) is 0. The van der Waals surface area contributed by atoms with E-state index in [0.717, 1.165) is 11.3 Å². The minimum atomic E-state index is -0.447. The molecule has 1 aromatic rings. The number of carbonyl (C=O) groups excluding carboxylic acids is 1. The minimum absolute atomic E-state index is 0.316. The SMILES string of the molecule is CCOC(=O)/C=C/c1cc(Cl)sc1N=[N+]=[N-]. The lowest BCUT2D eigenvalue weighted by atomic mass is 10.3. The quantitative estimate of drug-likeness (QED) is 0.269. The third-order valence-electron chi connectivity index (χ3n) is 1.53. The molecule has 0 N–H and O–H groups in total. The molecule has 1 rings (SSSR count). The van der Waals surface area contributed by atoms with Crippen LogP contribution in [-0.4, -0.2) is 12.6 Å². The Balaban J connectivity index is 2.87. The van der Waals surface area contributed by atoms with Crippen molar-refractivity contribution in [3.8, 4) is 0 Å². The molecule has 16 heavy (non-hydrogen) atoms. The standard InChI is InChI=1S/C9H8ClN3O2S/c1-2-15-8(14)4-3-6-5-7(10)16-9(6)12-13-11/h3-5H,2H2,1H3/b4-3+. The molecular weight excluding hydrogens is 250 g/mol. The second-order valence-corrected chi connectivity index (χ2v) is 4.25. The van der Waals surface area contributed by atoms with Gasteiger partial charge >= 0.3 is 5.97 Å². The first-order chi connectivity index (χ1) is 7.67. The monoisotopic (exact) mass is 257 g/mol. The molecule has 0 aliphatic rings. The molecule has 0 saturated carbocycles. The largest absolute Gasteiger partial charge is 0.463 e. The first kappa shape index (κ1) is 12.6. The molecule has 0 fully saturated rings. The molecule has 0 amide bonds. The van der Waals surface area contributed by atoms with Crippen LogP contribution in [0.4, 0.5) is 5.00 Å². The molecule has 0 radical (unpaired) electrons. The fourth-order valence-electron chi connectivity index (χ4n) is 0.951. The molecule has 0 bridgehead atoms. The Morgan fingerprint density at radius 1 is 1.81 bits per heavy atom. The van der Waals surface area contributed by atoms with Crippen molar-refractivity contribution in [2.45, 2.75) is 6.92 Å². The van der Waals surface area contributed by atoms with Crippen LogP contribution < -0.4 is 0 Å².